The molecule has 5 rings (SSSR count). The number of nitrogens with zero attached hydrogens (tertiary/aromatic N) is 2. The average molecular weight is 380 g/mol. The molecule has 4 nitrogen and oxygen atoms in total. The first kappa shape index (κ1) is 17.0. The second-order valence-corrected chi connectivity index (χ2v) is 8.98. The van der Waals surface area contributed by atoms with E-state index in [0.717, 1.165) is 61.4 Å². The largest absolute Gasteiger partial charge is 0.342 e. The van der Waals surface area contributed by atoms with Gasteiger partial charge in [-0.3, -0.25) is 9.78 Å². The quantitative estimate of drug-likeness (QED) is 0.737. The summed E-state index contributed by atoms with van der Waals surface area (Å²) in [5.74, 6) is 1.48. The van der Waals surface area contributed by atoms with Crippen molar-refractivity contribution in [2.24, 2.45) is 5.92 Å². The third-order valence-electron chi connectivity index (χ3n) is 6.09. The highest BCUT2D eigenvalue weighted by Gasteiger charge is 2.24. The van der Waals surface area contributed by atoms with Gasteiger partial charge >= 0.3 is 0 Å². The smallest absolute Gasteiger partial charge is 0.261 e. The molecular weight excluding hydrogens is 354 g/mol. The van der Waals surface area contributed by atoms with Crippen LogP contribution in [0.1, 0.15) is 41.7 Å². The molecule has 3 heterocycles. The summed E-state index contributed by atoms with van der Waals surface area (Å²) >= 11 is 1.74. The van der Waals surface area contributed by atoms with E-state index in [2.05, 4.69) is 40.2 Å². The Morgan fingerprint density at radius 3 is 2.70 bits per heavy atom. The number of nitrogens with one attached hydrogen (secondary N) is 1. The Bertz CT molecular complexity index is 1000. The van der Waals surface area contributed by atoms with Crippen LogP contribution in [0.3, 0.4) is 0 Å². The maximum absolute atomic E-state index is 12.8. The molecule has 27 heavy (non-hydrogen) atoms. The number of piperidine rings is 1. The molecule has 0 amide bonds. The highest BCUT2D eigenvalue weighted by atomic mass is 32.1. The summed E-state index contributed by atoms with van der Waals surface area (Å²) in [6.07, 6.45) is 8.01. The van der Waals surface area contributed by atoms with Gasteiger partial charge in [0.05, 0.1) is 5.39 Å². The standard InChI is InChI=1S/C22H25N3OS/c26-20-19-17-8-4-5-9-18(17)27-21(19)24-22(23-20)25-12-10-16(11-13-25)14-15-6-2-1-3-7-15/h1-3,6-7,16H,4-5,8-14H2,(H,23,24,26). The van der Waals surface area contributed by atoms with Gasteiger partial charge in [-0.2, -0.15) is 0 Å². The van der Waals surface area contributed by atoms with Crippen LogP contribution >= 0.6 is 11.3 Å². The van der Waals surface area contributed by atoms with Crippen molar-refractivity contribution in [1.82, 2.24) is 9.97 Å². The van der Waals surface area contributed by atoms with Gasteiger partial charge in [-0.05, 0) is 62.0 Å². The molecule has 0 bridgehead atoms. The number of benzene rings is 1. The van der Waals surface area contributed by atoms with Crippen molar-refractivity contribution in [2.45, 2.75) is 44.9 Å². The van der Waals surface area contributed by atoms with Gasteiger partial charge in [0.1, 0.15) is 4.83 Å². The van der Waals surface area contributed by atoms with E-state index in [4.69, 9.17) is 4.98 Å². The van der Waals surface area contributed by atoms with Gasteiger partial charge in [-0.25, -0.2) is 4.98 Å². The molecule has 0 saturated carbocycles. The van der Waals surface area contributed by atoms with E-state index in [9.17, 15) is 4.79 Å². The van der Waals surface area contributed by atoms with Crippen LogP contribution in [-0.4, -0.2) is 23.1 Å². The monoisotopic (exact) mass is 379 g/mol. The van der Waals surface area contributed by atoms with Gasteiger partial charge in [0.15, 0.2) is 0 Å². The molecule has 0 unspecified atom stereocenters. The van der Waals surface area contributed by atoms with Gasteiger partial charge in [-0.1, -0.05) is 30.3 Å². The predicted octanol–water partition coefficient (Wildman–Crippen LogP) is 4.32. The maximum atomic E-state index is 12.8. The van der Waals surface area contributed by atoms with Crippen molar-refractivity contribution in [3.05, 3.63) is 56.7 Å². The molecule has 1 fully saturated rings. The molecule has 2 aromatic heterocycles. The fourth-order valence-corrected chi connectivity index (χ4v) is 5.86. The van der Waals surface area contributed by atoms with Crippen LogP contribution in [0.15, 0.2) is 35.1 Å². The Balaban J connectivity index is 1.34. The Hall–Kier alpha value is -2.14. The van der Waals surface area contributed by atoms with E-state index in [1.165, 1.54) is 28.8 Å². The zero-order chi connectivity index (χ0) is 18.2. The summed E-state index contributed by atoms with van der Waals surface area (Å²) in [7, 11) is 0. The number of anilines is 1. The van der Waals surface area contributed by atoms with E-state index in [0.29, 0.717) is 5.92 Å². The molecule has 1 aliphatic heterocycles. The fraction of sp³-hybridized carbons (Fsp3) is 0.455. The van der Waals surface area contributed by atoms with Crippen LogP contribution in [0.5, 0.6) is 0 Å². The first-order valence-electron chi connectivity index (χ1n) is 10.1. The molecule has 1 saturated heterocycles. The molecule has 0 atom stereocenters. The average Bonchev–Trinajstić information content (AvgIpc) is 3.08. The number of rotatable bonds is 3. The summed E-state index contributed by atoms with van der Waals surface area (Å²) in [5, 5.41) is 0.859. The summed E-state index contributed by atoms with van der Waals surface area (Å²) in [4.78, 5) is 25.3. The topological polar surface area (TPSA) is 49.0 Å². The molecule has 3 aromatic rings. The Labute approximate surface area is 163 Å². The number of hydrogen-bond donors (Lipinski definition) is 1. The lowest BCUT2D eigenvalue weighted by Gasteiger charge is -2.32. The van der Waals surface area contributed by atoms with Crippen molar-refractivity contribution < 1.29 is 0 Å². The van der Waals surface area contributed by atoms with Crippen LogP contribution in [0.25, 0.3) is 10.2 Å². The molecule has 1 N–H and O–H groups in total. The molecule has 140 valence electrons. The second-order valence-electron chi connectivity index (χ2n) is 7.90. The minimum atomic E-state index is 0.0563. The molecule has 1 aromatic carbocycles. The molecule has 2 aliphatic rings. The molecule has 0 radical (unpaired) electrons. The van der Waals surface area contributed by atoms with Gasteiger partial charge in [0.25, 0.3) is 5.56 Å². The van der Waals surface area contributed by atoms with Crippen molar-refractivity contribution in [3.63, 3.8) is 0 Å². The van der Waals surface area contributed by atoms with Crippen LogP contribution in [0.2, 0.25) is 0 Å². The minimum Gasteiger partial charge on any atom is -0.342 e. The maximum Gasteiger partial charge on any atom is 0.261 e. The molecular formula is C22H25N3OS. The van der Waals surface area contributed by atoms with E-state index >= 15 is 0 Å². The van der Waals surface area contributed by atoms with E-state index in [1.807, 2.05) is 0 Å². The van der Waals surface area contributed by atoms with E-state index < -0.39 is 0 Å². The highest BCUT2D eigenvalue weighted by Crippen LogP contribution is 2.34. The van der Waals surface area contributed by atoms with Crippen LogP contribution in [0.4, 0.5) is 5.95 Å². The number of aromatic amines is 1. The number of thiophene rings is 1. The van der Waals surface area contributed by atoms with Crippen molar-refractivity contribution in [2.75, 3.05) is 18.0 Å². The number of aryl methyl sites for hydroxylation is 2. The van der Waals surface area contributed by atoms with Gasteiger partial charge in [-0.15, -0.1) is 11.3 Å². The highest BCUT2D eigenvalue weighted by molar-refractivity contribution is 7.18. The van der Waals surface area contributed by atoms with Gasteiger partial charge in [0, 0.05) is 18.0 Å². The third kappa shape index (κ3) is 3.29. The Morgan fingerprint density at radius 1 is 1.11 bits per heavy atom. The Kier molecular flexibility index (Phi) is 4.48. The number of fused-ring (bicyclic) bond motifs is 3. The molecule has 1 aliphatic carbocycles. The van der Waals surface area contributed by atoms with Crippen LogP contribution in [-0.2, 0) is 19.3 Å². The van der Waals surface area contributed by atoms with E-state index in [-0.39, 0.29) is 5.56 Å². The summed E-state index contributed by atoms with van der Waals surface area (Å²) in [6, 6.07) is 10.8. The lowest BCUT2D eigenvalue weighted by molar-refractivity contribution is 0.400. The predicted molar refractivity (Wildman–Crippen MR) is 112 cm³/mol. The van der Waals surface area contributed by atoms with Gasteiger partial charge in [0.2, 0.25) is 5.95 Å². The summed E-state index contributed by atoms with van der Waals surface area (Å²) in [5.41, 5.74) is 2.75. The van der Waals surface area contributed by atoms with Crippen molar-refractivity contribution in [3.8, 4) is 0 Å². The molecule has 0 spiro atoms. The zero-order valence-corrected chi connectivity index (χ0v) is 16.4. The first-order valence-corrected chi connectivity index (χ1v) is 10.9. The van der Waals surface area contributed by atoms with Crippen LogP contribution < -0.4 is 10.5 Å². The van der Waals surface area contributed by atoms with Gasteiger partial charge < -0.3 is 4.90 Å². The van der Waals surface area contributed by atoms with Crippen molar-refractivity contribution in [1.29, 1.82) is 0 Å². The van der Waals surface area contributed by atoms with E-state index in [1.54, 1.807) is 11.3 Å². The minimum absolute atomic E-state index is 0.0563. The lowest BCUT2D eigenvalue weighted by atomic mass is 9.90. The summed E-state index contributed by atoms with van der Waals surface area (Å²) in [6.45, 7) is 1.94. The number of hydrogen-bond acceptors (Lipinski definition) is 4. The third-order valence-corrected chi connectivity index (χ3v) is 7.28. The SMILES string of the molecule is O=c1[nH]c(N2CCC(Cc3ccccc3)CC2)nc2sc3c(c12)CCCC3. The molecule has 5 heteroatoms. The number of aromatic nitrogens is 2. The fourth-order valence-electron chi connectivity index (χ4n) is 4.60. The summed E-state index contributed by atoms with van der Waals surface area (Å²) < 4.78 is 0. The van der Waals surface area contributed by atoms with Crippen molar-refractivity contribution >= 4 is 27.5 Å². The Morgan fingerprint density at radius 2 is 1.89 bits per heavy atom. The zero-order valence-electron chi connectivity index (χ0n) is 15.5. The first-order chi connectivity index (χ1) is 13.3. The van der Waals surface area contributed by atoms with Crippen LogP contribution in [0, 0.1) is 5.92 Å². The number of H-pyrrole nitrogens is 1. The second kappa shape index (κ2) is 7.12. The lowest BCUT2D eigenvalue weighted by Crippen LogP contribution is -2.36. The normalized spacial score (nSPS) is 18.0.